The Labute approximate surface area is 245 Å². The largest absolute Gasteiger partial charge is 0.466 e. The Hall–Kier alpha value is -4.07. The fourth-order valence-corrected chi connectivity index (χ4v) is 5.05. The van der Waals surface area contributed by atoms with Gasteiger partial charge in [-0.1, -0.05) is 6.92 Å². The molecule has 2 aromatic heterocycles. The first-order valence-corrected chi connectivity index (χ1v) is 13.9. The summed E-state index contributed by atoms with van der Waals surface area (Å²) in [6.45, 7) is 5.35. The predicted molar refractivity (Wildman–Crippen MR) is 153 cm³/mol. The fourth-order valence-electron chi connectivity index (χ4n) is 4.52. The highest BCUT2D eigenvalue weighted by Gasteiger charge is 2.33. The van der Waals surface area contributed by atoms with Gasteiger partial charge in [-0.05, 0) is 40.9 Å². The third-order valence-electron chi connectivity index (χ3n) is 6.64. The lowest BCUT2D eigenvalue weighted by Crippen LogP contribution is -2.41. The Morgan fingerprint density at radius 2 is 1.95 bits per heavy atom. The Bertz CT molecular complexity index is 1440. The van der Waals surface area contributed by atoms with E-state index >= 15 is 0 Å². The van der Waals surface area contributed by atoms with Crippen LogP contribution in [0.4, 0.5) is 10.5 Å². The number of anilines is 1. The van der Waals surface area contributed by atoms with E-state index in [0.29, 0.717) is 53.1 Å². The average Bonchev–Trinajstić information content (AvgIpc) is 3.57. The smallest absolute Gasteiger partial charge is 0.419 e. The molecule has 0 saturated heterocycles. The molecule has 13 nitrogen and oxygen atoms in total. The van der Waals surface area contributed by atoms with Crippen LogP contribution in [-0.2, 0) is 37.3 Å². The summed E-state index contributed by atoms with van der Waals surface area (Å²) in [5.41, 5.74) is 2.90. The maximum atomic E-state index is 13.2. The summed E-state index contributed by atoms with van der Waals surface area (Å²) in [5, 5.41) is 3.14. The number of esters is 2. The number of halogens is 1. The number of nitrogens with zero attached hydrogens (tertiary/aromatic N) is 6. The van der Waals surface area contributed by atoms with Crippen molar-refractivity contribution >= 4 is 56.6 Å². The van der Waals surface area contributed by atoms with Gasteiger partial charge in [0.2, 0.25) is 12.2 Å². The van der Waals surface area contributed by atoms with Gasteiger partial charge in [0.15, 0.2) is 0 Å². The summed E-state index contributed by atoms with van der Waals surface area (Å²) >= 11 is 3.54. The molecule has 1 aliphatic rings. The van der Waals surface area contributed by atoms with Crippen LogP contribution < -0.4 is 5.32 Å². The second-order valence-electron chi connectivity index (χ2n) is 9.50. The van der Waals surface area contributed by atoms with E-state index in [0.717, 1.165) is 5.69 Å². The minimum absolute atomic E-state index is 0.0392. The van der Waals surface area contributed by atoms with E-state index in [1.165, 1.54) is 18.7 Å². The molecule has 4 rings (SSSR count). The van der Waals surface area contributed by atoms with E-state index in [1.54, 1.807) is 31.0 Å². The fraction of sp³-hybridized carbons (Fsp3) is 0.444. The minimum Gasteiger partial charge on any atom is -0.466 e. The van der Waals surface area contributed by atoms with Crippen molar-refractivity contribution in [2.45, 2.75) is 39.9 Å². The van der Waals surface area contributed by atoms with Gasteiger partial charge in [-0.25, -0.2) is 14.7 Å². The van der Waals surface area contributed by atoms with Crippen LogP contribution in [0.5, 0.6) is 0 Å². The lowest BCUT2D eigenvalue weighted by Gasteiger charge is -2.26. The number of imidazole rings is 1. The van der Waals surface area contributed by atoms with Gasteiger partial charge in [-0.2, -0.15) is 0 Å². The van der Waals surface area contributed by atoms with Crippen molar-refractivity contribution < 1.29 is 28.6 Å². The molecular formula is C27H32BrN7O6. The maximum Gasteiger partial charge on any atom is 0.419 e. The van der Waals surface area contributed by atoms with Crippen molar-refractivity contribution in [2.24, 2.45) is 23.9 Å². The van der Waals surface area contributed by atoms with Crippen LogP contribution in [0.1, 0.15) is 32.9 Å². The number of hydrogen-bond donors (Lipinski definition) is 1. The molecule has 218 valence electrons. The van der Waals surface area contributed by atoms with Gasteiger partial charge in [0.25, 0.3) is 0 Å². The van der Waals surface area contributed by atoms with Gasteiger partial charge < -0.3 is 24.1 Å². The van der Waals surface area contributed by atoms with Gasteiger partial charge in [0.1, 0.15) is 5.52 Å². The van der Waals surface area contributed by atoms with Crippen molar-refractivity contribution in [3.05, 3.63) is 47.2 Å². The Balaban J connectivity index is 1.38. The van der Waals surface area contributed by atoms with Gasteiger partial charge in [0.05, 0.1) is 47.6 Å². The van der Waals surface area contributed by atoms with Crippen LogP contribution in [0.25, 0.3) is 11.0 Å². The number of aromatic nitrogens is 4. The molecule has 3 atom stereocenters. The van der Waals surface area contributed by atoms with Crippen molar-refractivity contribution in [1.29, 1.82) is 0 Å². The van der Waals surface area contributed by atoms with Gasteiger partial charge in [-0.3, -0.25) is 24.5 Å². The second kappa shape index (κ2) is 13.5. The molecule has 1 N–H and O–H groups in total. The SMILES string of the molecule is CC[C@H](C(=O)OC(C)OC(=O)N1CCN=C1Nc1ccc2nccnc2c1Br)[C@H](COC(C)=O)Cc1cncn1C. The number of guanidine groups is 1. The number of carbonyl (C=O) groups excluding carboxylic acids is 3. The summed E-state index contributed by atoms with van der Waals surface area (Å²) in [7, 11) is 1.85. The number of hydrogen-bond acceptors (Lipinski definition) is 11. The molecule has 1 aliphatic heterocycles. The van der Waals surface area contributed by atoms with Crippen LogP contribution in [0, 0.1) is 11.8 Å². The Morgan fingerprint density at radius 1 is 1.17 bits per heavy atom. The molecule has 3 heterocycles. The maximum absolute atomic E-state index is 13.2. The zero-order valence-electron chi connectivity index (χ0n) is 23.2. The summed E-state index contributed by atoms with van der Waals surface area (Å²) in [6, 6.07) is 3.61. The quantitative estimate of drug-likeness (QED) is 0.260. The molecule has 14 heteroatoms. The molecule has 0 fully saturated rings. The van der Waals surface area contributed by atoms with E-state index in [2.05, 4.69) is 41.2 Å². The van der Waals surface area contributed by atoms with Crippen LogP contribution in [0.2, 0.25) is 0 Å². The molecule has 0 spiro atoms. The molecule has 3 aromatic rings. The first-order valence-electron chi connectivity index (χ1n) is 13.2. The number of rotatable bonds is 10. The highest BCUT2D eigenvalue weighted by atomic mass is 79.9. The molecule has 0 saturated carbocycles. The first-order chi connectivity index (χ1) is 19.7. The van der Waals surface area contributed by atoms with Crippen LogP contribution in [0.15, 0.2) is 46.5 Å². The van der Waals surface area contributed by atoms with Crippen LogP contribution in [-0.4, -0.2) is 74.4 Å². The molecular weight excluding hydrogens is 598 g/mol. The van der Waals surface area contributed by atoms with Gasteiger partial charge in [-0.15, -0.1) is 0 Å². The van der Waals surface area contributed by atoms with Gasteiger partial charge >= 0.3 is 18.0 Å². The third-order valence-corrected chi connectivity index (χ3v) is 7.44. The van der Waals surface area contributed by atoms with Crippen molar-refractivity contribution in [2.75, 3.05) is 25.0 Å². The number of amides is 1. The van der Waals surface area contributed by atoms with Crippen molar-refractivity contribution in [3.8, 4) is 0 Å². The Kier molecular flexibility index (Phi) is 9.86. The third kappa shape index (κ3) is 7.37. The Morgan fingerprint density at radius 3 is 2.66 bits per heavy atom. The normalized spacial score (nSPS) is 15.1. The number of nitrogens with one attached hydrogen (secondary N) is 1. The van der Waals surface area contributed by atoms with E-state index < -0.39 is 30.2 Å². The lowest BCUT2D eigenvalue weighted by atomic mass is 9.87. The molecule has 0 bridgehead atoms. The number of aryl methyl sites for hydroxylation is 1. The van der Waals surface area contributed by atoms with Crippen molar-refractivity contribution in [3.63, 3.8) is 0 Å². The lowest BCUT2D eigenvalue weighted by molar-refractivity contribution is -0.174. The highest BCUT2D eigenvalue weighted by molar-refractivity contribution is 9.10. The molecule has 1 aromatic carbocycles. The molecule has 0 radical (unpaired) electrons. The molecule has 0 aliphatic carbocycles. The standard InChI is InChI=1S/C27H32BrN7O6/c1-5-20(18(14-39-16(2)36)12-19-13-29-15-34(19)4)25(37)40-17(3)41-27(38)35-11-10-32-26(35)33-21-6-7-22-24(23(21)28)31-9-8-30-22/h6-9,13,15,17-18,20H,5,10-12,14H2,1-4H3,(H,32,33)/t17?,18-,20-/m0/s1. The second-order valence-corrected chi connectivity index (χ2v) is 10.3. The predicted octanol–water partition coefficient (Wildman–Crippen LogP) is 3.68. The summed E-state index contributed by atoms with van der Waals surface area (Å²) in [5.74, 6) is -1.67. The first kappa shape index (κ1) is 29.9. The summed E-state index contributed by atoms with van der Waals surface area (Å²) < 4.78 is 18.8. The van der Waals surface area contributed by atoms with Crippen LogP contribution in [0.3, 0.4) is 0 Å². The van der Waals surface area contributed by atoms with Gasteiger partial charge in [0, 0.05) is 51.1 Å². The molecule has 1 amide bonds. The topological polar surface area (TPSA) is 150 Å². The molecule has 41 heavy (non-hydrogen) atoms. The monoisotopic (exact) mass is 629 g/mol. The summed E-state index contributed by atoms with van der Waals surface area (Å²) in [6.07, 6.45) is 5.56. The minimum atomic E-state index is -1.17. The average molecular weight is 630 g/mol. The summed E-state index contributed by atoms with van der Waals surface area (Å²) in [4.78, 5) is 56.2. The van der Waals surface area contributed by atoms with E-state index in [9.17, 15) is 14.4 Å². The zero-order valence-corrected chi connectivity index (χ0v) is 24.8. The van der Waals surface area contributed by atoms with Crippen molar-refractivity contribution in [1.82, 2.24) is 24.4 Å². The number of aliphatic imine (C=N–C) groups is 1. The molecule has 1 unspecified atom stereocenters. The highest BCUT2D eigenvalue weighted by Crippen LogP contribution is 2.30. The number of fused-ring (bicyclic) bond motifs is 1. The number of benzene rings is 1. The van der Waals surface area contributed by atoms with E-state index in [-0.39, 0.29) is 12.5 Å². The van der Waals surface area contributed by atoms with Crippen LogP contribution >= 0.6 is 15.9 Å². The zero-order chi connectivity index (χ0) is 29.5. The van der Waals surface area contributed by atoms with E-state index in [1.807, 2.05) is 24.6 Å². The number of ether oxygens (including phenoxy) is 3. The van der Waals surface area contributed by atoms with E-state index in [4.69, 9.17) is 14.2 Å². The number of carbonyl (C=O) groups is 3.